The number of likely N-dealkylation sites (tertiary alicyclic amines) is 1. The second kappa shape index (κ2) is 3.96. The lowest BCUT2D eigenvalue weighted by Crippen LogP contribution is -2.52. The molecule has 1 N–H and O–H groups in total. The average Bonchev–Trinajstić information content (AvgIpc) is 2.57. The minimum Gasteiger partial charge on any atom is -0.480 e. The first-order valence-corrected chi connectivity index (χ1v) is 5.16. The van der Waals surface area contributed by atoms with E-state index in [1.54, 1.807) is 20.8 Å². The van der Waals surface area contributed by atoms with Gasteiger partial charge in [-0.25, -0.2) is 9.59 Å². The van der Waals surface area contributed by atoms with Crippen LogP contribution >= 0.6 is 0 Å². The summed E-state index contributed by atoms with van der Waals surface area (Å²) in [6.45, 7) is 2.18. The van der Waals surface area contributed by atoms with E-state index in [9.17, 15) is 14.7 Å². The lowest BCUT2D eigenvalue weighted by Gasteiger charge is -2.32. The Kier molecular flexibility index (Phi) is 2.19. The Labute approximate surface area is 99.6 Å². The first-order valence-electron chi connectivity index (χ1n) is 6.66. The number of carbonyl (C=O) groups excluding carboxylic acids is 1. The van der Waals surface area contributed by atoms with Crippen molar-refractivity contribution in [2.75, 3.05) is 6.54 Å². The first kappa shape index (κ1) is 8.84. The Morgan fingerprint density at radius 2 is 2.12 bits per heavy atom. The molecular weight excluding hydrogens is 210 g/mol. The summed E-state index contributed by atoms with van der Waals surface area (Å²) in [5, 5.41) is 9.31. The fourth-order valence-electron chi connectivity index (χ4n) is 1.61. The molecule has 0 aliphatic carbocycles. The van der Waals surface area contributed by atoms with Crippen LogP contribution in [-0.2, 0) is 9.53 Å². The number of hydrogen-bond acceptors (Lipinski definition) is 3. The predicted molar refractivity (Wildman–Crippen MR) is 58.2 cm³/mol. The maximum Gasteiger partial charge on any atom is 0.411 e. The van der Waals surface area contributed by atoms with Crippen LogP contribution in [0.2, 0.25) is 0 Å². The van der Waals surface area contributed by atoms with Gasteiger partial charge in [-0.1, -0.05) is 0 Å². The summed E-state index contributed by atoms with van der Waals surface area (Å²) >= 11 is 0. The van der Waals surface area contributed by atoms with Gasteiger partial charge in [-0.05, 0) is 40.5 Å². The summed E-state index contributed by atoms with van der Waals surface area (Å²) in [6.07, 6.45) is -0.675. The summed E-state index contributed by atoms with van der Waals surface area (Å²) < 4.78 is 27.5. The quantitative estimate of drug-likeness (QED) is 0.749. The number of hydrogen-bond donors (Lipinski definition) is 1. The number of ether oxygens (including phenoxy) is 1. The van der Waals surface area contributed by atoms with Crippen LogP contribution < -0.4 is 0 Å². The van der Waals surface area contributed by atoms with E-state index in [2.05, 4.69) is 0 Å². The van der Waals surface area contributed by atoms with Crippen molar-refractivity contribution in [3.8, 4) is 0 Å². The second-order valence-corrected chi connectivity index (χ2v) is 4.90. The fraction of sp³-hybridized carbons (Fsp3) is 0.818. The highest BCUT2D eigenvalue weighted by Crippen LogP contribution is 2.30. The third-order valence-corrected chi connectivity index (χ3v) is 2.35. The highest BCUT2D eigenvalue weighted by atomic mass is 16.6. The maximum absolute atomic E-state index is 12.0. The molecule has 5 nitrogen and oxygen atoms in total. The van der Waals surface area contributed by atoms with E-state index in [1.807, 2.05) is 0 Å². The maximum atomic E-state index is 12.0. The Bertz CT molecular complexity index is 388. The number of aliphatic carboxylic acids is 1. The number of nitrogens with zero attached hydrogens (tertiary/aromatic N) is 1. The van der Waals surface area contributed by atoms with Gasteiger partial charge in [0.1, 0.15) is 11.1 Å². The molecule has 0 aromatic heterocycles. The molecule has 0 unspecified atom stereocenters. The summed E-state index contributed by atoms with van der Waals surface area (Å²) in [4.78, 5) is 24.3. The predicted octanol–water partition coefficient (Wildman–Crippen LogP) is 1.86. The molecule has 1 rings (SSSR count). The molecule has 0 bridgehead atoms. The molecule has 1 amide bonds. The van der Waals surface area contributed by atoms with E-state index >= 15 is 0 Å². The van der Waals surface area contributed by atoms with Crippen molar-refractivity contribution in [1.29, 1.82) is 0 Å². The van der Waals surface area contributed by atoms with Crippen LogP contribution in [-0.4, -0.2) is 39.8 Å². The molecule has 5 heteroatoms. The smallest absolute Gasteiger partial charge is 0.411 e. The van der Waals surface area contributed by atoms with Crippen molar-refractivity contribution in [3.63, 3.8) is 0 Å². The third kappa shape index (κ3) is 2.46. The molecule has 1 heterocycles. The van der Waals surface area contributed by atoms with Crippen LogP contribution in [0.5, 0.6) is 0 Å². The van der Waals surface area contributed by atoms with Gasteiger partial charge in [-0.3, -0.25) is 4.90 Å². The van der Waals surface area contributed by atoms with E-state index in [-0.39, 0.29) is 13.0 Å². The van der Waals surface area contributed by atoms with Gasteiger partial charge >= 0.3 is 12.1 Å². The Balaban J connectivity index is 3.12. The third-order valence-electron chi connectivity index (χ3n) is 2.35. The van der Waals surface area contributed by atoms with Crippen LogP contribution in [0.25, 0.3) is 0 Å². The van der Waals surface area contributed by atoms with E-state index in [4.69, 9.17) is 8.85 Å². The standard InChI is InChI=1S/C11H19NO4/c1-10(2,3)16-9(15)12-7-5-6-11(12,4)8(13)14/h5-7H2,1-4H3,(H,13,14)/t11-/m0/s1/i4D3. The van der Waals surface area contributed by atoms with Gasteiger partial charge in [0.2, 0.25) is 0 Å². The summed E-state index contributed by atoms with van der Waals surface area (Å²) in [7, 11) is 0. The van der Waals surface area contributed by atoms with Crippen molar-refractivity contribution in [3.05, 3.63) is 0 Å². The van der Waals surface area contributed by atoms with Gasteiger partial charge in [0.15, 0.2) is 0 Å². The topological polar surface area (TPSA) is 66.8 Å². The highest BCUT2D eigenvalue weighted by Gasteiger charge is 2.47. The van der Waals surface area contributed by atoms with E-state index in [1.165, 1.54) is 0 Å². The molecule has 0 aromatic rings. The molecule has 1 aliphatic heterocycles. The minimum absolute atomic E-state index is 0.0691. The lowest BCUT2D eigenvalue weighted by molar-refractivity contribution is -0.148. The Morgan fingerprint density at radius 1 is 1.50 bits per heavy atom. The fourth-order valence-corrected chi connectivity index (χ4v) is 1.61. The Hall–Kier alpha value is -1.26. The van der Waals surface area contributed by atoms with Gasteiger partial charge in [0, 0.05) is 10.7 Å². The van der Waals surface area contributed by atoms with E-state index < -0.39 is 30.1 Å². The molecule has 0 radical (unpaired) electrons. The molecule has 1 fully saturated rings. The van der Waals surface area contributed by atoms with Crippen molar-refractivity contribution >= 4 is 12.1 Å². The van der Waals surface area contributed by atoms with E-state index in [0.29, 0.717) is 6.42 Å². The molecule has 92 valence electrons. The van der Waals surface area contributed by atoms with Gasteiger partial charge in [-0.2, -0.15) is 0 Å². The largest absolute Gasteiger partial charge is 0.480 e. The Morgan fingerprint density at radius 3 is 2.56 bits per heavy atom. The van der Waals surface area contributed by atoms with Crippen molar-refractivity contribution in [1.82, 2.24) is 4.90 Å². The molecule has 0 saturated carbocycles. The van der Waals surface area contributed by atoms with Crippen molar-refractivity contribution < 1.29 is 23.5 Å². The van der Waals surface area contributed by atoms with Crippen LogP contribution in [0.1, 0.15) is 44.6 Å². The van der Waals surface area contributed by atoms with Crippen molar-refractivity contribution in [2.24, 2.45) is 0 Å². The molecule has 0 aromatic carbocycles. The molecule has 1 saturated heterocycles. The summed E-state index contributed by atoms with van der Waals surface area (Å²) in [5.41, 5.74) is -2.99. The molecule has 1 aliphatic rings. The number of carboxylic acid groups (broad SMARTS) is 1. The summed E-state index contributed by atoms with van der Waals surface area (Å²) in [6, 6.07) is 0. The highest BCUT2D eigenvalue weighted by molar-refractivity contribution is 5.84. The molecular formula is C11H19NO4. The van der Waals surface area contributed by atoms with Gasteiger partial charge < -0.3 is 9.84 Å². The van der Waals surface area contributed by atoms with Crippen LogP contribution in [0.4, 0.5) is 4.79 Å². The van der Waals surface area contributed by atoms with Crippen LogP contribution in [0.3, 0.4) is 0 Å². The van der Waals surface area contributed by atoms with E-state index in [0.717, 1.165) is 4.90 Å². The number of rotatable bonds is 1. The van der Waals surface area contributed by atoms with Gasteiger partial charge in [-0.15, -0.1) is 0 Å². The van der Waals surface area contributed by atoms with Crippen LogP contribution in [0, 0.1) is 0 Å². The van der Waals surface area contributed by atoms with Gasteiger partial charge in [0.05, 0.1) is 0 Å². The molecule has 16 heavy (non-hydrogen) atoms. The monoisotopic (exact) mass is 232 g/mol. The summed E-state index contributed by atoms with van der Waals surface area (Å²) in [5.74, 6) is -1.52. The van der Waals surface area contributed by atoms with Gasteiger partial charge in [0.25, 0.3) is 0 Å². The number of carboxylic acids is 1. The normalized spacial score (nSPS) is 29.2. The zero-order valence-electron chi connectivity index (χ0n) is 12.7. The lowest BCUT2D eigenvalue weighted by atomic mass is 10.00. The zero-order valence-corrected chi connectivity index (χ0v) is 9.74. The van der Waals surface area contributed by atoms with Crippen molar-refractivity contribution in [2.45, 2.75) is 51.6 Å². The zero-order chi connectivity index (χ0) is 15.1. The number of amides is 1. The number of carbonyl (C=O) groups is 2. The van der Waals surface area contributed by atoms with Crippen LogP contribution in [0.15, 0.2) is 0 Å². The minimum atomic E-state index is -2.80. The first-order chi connectivity index (χ1) is 8.42. The molecule has 1 atom stereocenters. The average molecular weight is 232 g/mol. The SMILES string of the molecule is [2H]C([2H])([2H])[C@@]1(C(=O)O)CCCN1C(=O)OC(C)(C)C. The molecule has 0 spiro atoms. The second-order valence-electron chi connectivity index (χ2n) is 4.90.